The molecule has 7 nitrogen and oxygen atoms in total. The molecular weight excluding hydrogens is 304 g/mol. The predicted octanol–water partition coefficient (Wildman–Crippen LogP) is 1.63. The smallest absolute Gasteiger partial charge is 0.236 e. The molecule has 7 heteroatoms. The first-order valence-corrected chi connectivity index (χ1v) is 8.66. The van der Waals surface area contributed by atoms with Crippen LogP contribution < -0.4 is 0 Å². The number of aromatic nitrogens is 4. The zero-order chi connectivity index (χ0) is 16.4. The van der Waals surface area contributed by atoms with Crippen molar-refractivity contribution in [1.82, 2.24) is 30.0 Å². The van der Waals surface area contributed by atoms with Crippen LogP contribution in [0.15, 0.2) is 24.5 Å². The number of rotatable bonds is 4. The Morgan fingerprint density at radius 3 is 2.75 bits per heavy atom. The molecule has 0 bridgehead atoms. The summed E-state index contributed by atoms with van der Waals surface area (Å²) < 4.78 is 0. The first-order chi connectivity index (χ1) is 11.8. The summed E-state index contributed by atoms with van der Waals surface area (Å²) in [7, 11) is 0. The minimum Gasteiger partial charge on any atom is -0.342 e. The normalized spacial score (nSPS) is 21.5. The second-order valence-electron chi connectivity index (χ2n) is 6.50. The van der Waals surface area contributed by atoms with E-state index < -0.39 is 0 Å². The molecule has 4 heterocycles. The van der Waals surface area contributed by atoms with Gasteiger partial charge in [0.1, 0.15) is 5.82 Å². The minimum absolute atomic E-state index is 0.152. The highest BCUT2D eigenvalue weighted by Crippen LogP contribution is 2.30. The van der Waals surface area contributed by atoms with Crippen molar-refractivity contribution in [2.75, 3.05) is 26.2 Å². The van der Waals surface area contributed by atoms with Gasteiger partial charge in [0.2, 0.25) is 5.91 Å². The van der Waals surface area contributed by atoms with E-state index in [4.69, 9.17) is 0 Å². The molecule has 0 aromatic carbocycles. The molecule has 2 aliphatic rings. The highest BCUT2D eigenvalue weighted by Gasteiger charge is 2.31. The van der Waals surface area contributed by atoms with Gasteiger partial charge in [-0.3, -0.25) is 19.8 Å². The molecule has 24 heavy (non-hydrogen) atoms. The number of aromatic amines is 1. The average Bonchev–Trinajstić information content (AvgIpc) is 3.36. The van der Waals surface area contributed by atoms with Crippen molar-refractivity contribution in [3.63, 3.8) is 0 Å². The van der Waals surface area contributed by atoms with Crippen molar-refractivity contribution in [2.24, 2.45) is 0 Å². The van der Waals surface area contributed by atoms with Crippen LogP contribution in [0.2, 0.25) is 0 Å². The lowest BCUT2D eigenvalue weighted by Crippen LogP contribution is -2.38. The Morgan fingerprint density at radius 1 is 1.17 bits per heavy atom. The number of nitrogens with zero attached hydrogens (tertiary/aromatic N) is 5. The SMILES string of the molecule is O=C(CN1CCC[C@H]1c1nc(-c2ccncc2)n[nH]1)N1CCCC1. The monoisotopic (exact) mass is 326 g/mol. The van der Waals surface area contributed by atoms with Gasteiger partial charge in [0.15, 0.2) is 5.82 Å². The van der Waals surface area contributed by atoms with E-state index in [2.05, 4.69) is 25.1 Å². The van der Waals surface area contributed by atoms with Gasteiger partial charge < -0.3 is 4.90 Å². The summed E-state index contributed by atoms with van der Waals surface area (Å²) in [4.78, 5) is 25.3. The van der Waals surface area contributed by atoms with Gasteiger partial charge in [-0.15, -0.1) is 0 Å². The van der Waals surface area contributed by atoms with Crippen LogP contribution in [0.5, 0.6) is 0 Å². The molecule has 0 aliphatic carbocycles. The first-order valence-electron chi connectivity index (χ1n) is 8.66. The van der Waals surface area contributed by atoms with Crippen LogP contribution in [0, 0.1) is 0 Å². The van der Waals surface area contributed by atoms with Gasteiger partial charge in [0.05, 0.1) is 12.6 Å². The molecule has 2 aromatic heterocycles. The van der Waals surface area contributed by atoms with E-state index in [0.29, 0.717) is 12.4 Å². The van der Waals surface area contributed by atoms with Crippen LogP contribution in [0.1, 0.15) is 37.5 Å². The quantitative estimate of drug-likeness (QED) is 0.924. The molecule has 2 aliphatic heterocycles. The molecule has 1 amide bonds. The number of amides is 1. The molecule has 1 atom stereocenters. The van der Waals surface area contributed by atoms with Gasteiger partial charge in [0, 0.05) is 31.0 Å². The third-order valence-corrected chi connectivity index (χ3v) is 4.92. The molecule has 2 saturated heterocycles. The van der Waals surface area contributed by atoms with E-state index in [9.17, 15) is 4.79 Å². The van der Waals surface area contributed by atoms with Crippen molar-refractivity contribution in [3.8, 4) is 11.4 Å². The predicted molar refractivity (Wildman–Crippen MR) is 89.0 cm³/mol. The number of H-pyrrole nitrogens is 1. The Morgan fingerprint density at radius 2 is 1.96 bits per heavy atom. The molecule has 1 N–H and O–H groups in total. The summed E-state index contributed by atoms with van der Waals surface area (Å²) in [5, 5.41) is 7.41. The molecule has 4 rings (SSSR count). The molecule has 126 valence electrons. The van der Waals surface area contributed by atoms with E-state index in [0.717, 1.165) is 56.7 Å². The zero-order valence-electron chi connectivity index (χ0n) is 13.7. The maximum Gasteiger partial charge on any atom is 0.236 e. The van der Waals surface area contributed by atoms with Crippen molar-refractivity contribution in [3.05, 3.63) is 30.4 Å². The Bertz CT molecular complexity index is 694. The third-order valence-electron chi connectivity index (χ3n) is 4.92. The minimum atomic E-state index is 0.152. The summed E-state index contributed by atoms with van der Waals surface area (Å²) in [6.07, 6.45) is 7.84. The van der Waals surface area contributed by atoms with Gasteiger partial charge in [0.25, 0.3) is 0 Å². The van der Waals surface area contributed by atoms with Crippen molar-refractivity contribution in [1.29, 1.82) is 0 Å². The van der Waals surface area contributed by atoms with Crippen molar-refractivity contribution < 1.29 is 4.79 Å². The second kappa shape index (κ2) is 6.68. The van der Waals surface area contributed by atoms with E-state index in [1.165, 1.54) is 0 Å². The average molecular weight is 326 g/mol. The Balaban J connectivity index is 1.47. The maximum atomic E-state index is 12.4. The van der Waals surface area contributed by atoms with Gasteiger partial charge in [-0.05, 0) is 44.4 Å². The summed E-state index contributed by atoms with van der Waals surface area (Å²) in [5.41, 5.74) is 0.949. The second-order valence-corrected chi connectivity index (χ2v) is 6.50. The topological polar surface area (TPSA) is 78.0 Å². The lowest BCUT2D eigenvalue weighted by atomic mass is 10.2. The van der Waals surface area contributed by atoms with Crippen LogP contribution in [-0.4, -0.2) is 62.1 Å². The summed E-state index contributed by atoms with van der Waals surface area (Å²) in [6.45, 7) is 3.24. The summed E-state index contributed by atoms with van der Waals surface area (Å²) in [6, 6.07) is 3.95. The fourth-order valence-corrected chi connectivity index (χ4v) is 3.62. The molecule has 2 fully saturated rings. The lowest BCUT2D eigenvalue weighted by molar-refractivity contribution is -0.131. The fourth-order valence-electron chi connectivity index (χ4n) is 3.62. The maximum absolute atomic E-state index is 12.4. The van der Waals surface area contributed by atoms with Gasteiger partial charge in [-0.25, -0.2) is 4.98 Å². The van der Waals surface area contributed by atoms with E-state index in [1.807, 2.05) is 17.0 Å². The van der Waals surface area contributed by atoms with Gasteiger partial charge >= 0.3 is 0 Å². The molecule has 0 radical (unpaired) electrons. The molecule has 0 spiro atoms. The van der Waals surface area contributed by atoms with Gasteiger partial charge in [-0.2, -0.15) is 5.10 Å². The zero-order valence-corrected chi connectivity index (χ0v) is 13.7. The van der Waals surface area contributed by atoms with Crippen molar-refractivity contribution in [2.45, 2.75) is 31.7 Å². The van der Waals surface area contributed by atoms with Gasteiger partial charge in [-0.1, -0.05) is 0 Å². The Hall–Kier alpha value is -2.28. The summed E-state index contributed by atoms with van der Waals surface area (Å²) >= 11 is 0. The fraction of sp³-hybridized carbons (Fsp3) is 0.529. The molecule has 0 saturated carbocycles. The standard InChI is InChI=1S/C17H22N6O/c24-15(22-9-1-2-10-22)12-23-11-3-4-14(23)17-19-16(20-21-17)13-5-7-18-8-6-13/h5-8,14H,1-4,9-12H2,(H,19,20,21)/t14-/m0/s1. The number of hydrogen-bond acceptors (Lipinski definition) is 5. The number of hydrogen-bond donors (Lipinski definition) is 1. The van der Waals surface area contributed by atoms with E-state index in [-0.39, 0.29) is 11.9 Å². The highest BCUT2D eigenvalue weighted by molar-refractivity contribution is 5.78. The number of nitrogens with one attached hydrogen (secondary N) is 1. The van der Waals surface area contributed by atoms with Crippen LogP contribution in [0.4, 0.5) is 0 Å². The van der Waals surface area contributed by atoms with Crippen LogP contribution in [-0.2, 0) is 4.79 Å². The Labute approximate surface area is 141 Å². The molecule has 2 aromatic rings. The Kier molecular flexibility index (Phi) is 4.25. The van der Waals surface area contributed by atoms with E-state index >= 15 is 0 Å². The number of likely N-dealkylation sites (tertiary alicyclic amines) is 2. The summed E-state index contributed by atoms with van der Waals surface area (Å²) in [5.74, 6) is 1.78. The van der Waals surface area contributed by atoms with E-state index in [1.54, 1.807) is 12.4 Å². The number of pyridine rings is 1. The van der Waals surface area contributed by atoms with Crippen molar-refractivity contribution >= 4 is 5.91 Å². The highest BCUT2D eigenvalue weighted by atomic mass is 16.2. The molecular formula is C17H22N6O. The number of carbonyl (C=O) groups excluding carboxylic acids is 1. The lowest BCUT2D eigenvalue weighted by Gasteiger charge is -2.24. The van der Waals surface area contributed by atoms with Crippen LogP contribution in [0.3, 0.4) is 0 Å². The largest absolute Gasteiger partial charge is 0.342 e. The van der Waals surface area contributed by atoms with Crippen LogP contribution in [0.25, 0.3) is 11.4 Å². The first kappa shape index (κ1) is 15.3. The third kappa shape index (κ3) is 3.03. The number of carbonyl (C=O) groups is 1. The molecule has 0 unspecified atom stereocenters. The van der Waals surface area contributed by atoms with Crippen LogP contribution >= 0.6 is 0 Å².